The van der Waals surface area contributed by atoms with E-state index in [4.69, 9.17) is 0 Å². The minimum absolute atomic E-state index is 0.00301. The molecule has 1 amide bonds. The topological polar surface area (TPSA) is 42.0 Å². The molecule has 1 aliphatic rings. The van der Waals surface area contributed by atoms with Gasteiger partial charge >= 0.3 is 0 Å². The number of hydrogen-bond acceptors (Lipinski definition) is 4. The highest BCUT2D eigenvalue weighted by Gasteiger charge is 2.20. The van der Waals surface area contributed by atoms with E-state index in [2.05, 4.69) is 22.6 Å². The summed E-state index contributed by atoms with van der Waals surface area (Å²) in [4.78, 5) is 16.8. The molecular weight excluding hydrogens is 300 g/mol. The zero-order chi connectivity index (χ0) is 15.1. The van der Waals surface area contributed by atoms with Gasteiger partial charge in [0.05, 0.1) is 16.0 Å². The molecule has 1 aromatic heterocycles. The van der Waals surface area contributed by atoms with Gasteiger partial charge in [0.25, 0.3) is 0 Å². The fourth-order valence-corrected chi connectivity index (χ4v) is 4.39. The lowest BCUT2D eigenvalue weighted by atomic mass is 9.95. The second-order valence-corrected chi connectivity index (χ2v) is 8.05. The van der Waals surface area contributed by atoms with Gasteiger partial charge in [0, 0.05) is 17.2 Å². The number of thiazole rings is 1. The average molecular weight is 327 g/mol. The number of aryl methyl sites for hydroxylation is 1. The van der Waals surface area contributed by atoms with E-state index >= 15 is 0 Å². The van der Waals surface area contributed by atoms with Crippen molar-refractivity contribution in [2.24, 2.45) is 0 Å². The molecule has 1 heterocycles. The number of amides is 1. The summed E-state index contributed by atoms with van der Waals surface area (Å²) in [5.41, 5.74) is 1.12. The van der Waals surface area contributed by atoms with E-state index in [1.54, 1.807) is 23.1 Å². The van der Waals surface area contributed by atoms with Crippen LogP contribution in [0.4, 0.5) is 0 Å². The van der Waals surface area contributed by atoms with Crippen molar-refractivity contribution >= 4 is 29.0 Å². The molecule has 5 heteroatoms. The van der Waals surface area contributed by atoms with Crippen molar-refractivity contribution in [3.05, 3.63) is 16.1 Å². The third-order valence-electron chi connectivity index (χ3n) is 3.87. The Morgan fingerprint density at radius 2 is 2.24 bits per heavy atom. The van der Waals surface area contributed by atoms with Crippen molar-refractivity contribution in [1.29, 1.82) is 0 Å². The Hall–Kier alpha value is -0.550. The van der Waals surface area contributed by atoms with E-state index in [-0.39, 0.29) is 11.2 Å². The van der Waals surface area contributed by atoms with Crippen molar-refractivity contribution in [1.82, 2.24) is 10.3 Å². The molecule has 0 bridgehead atoms. The first kappa shape index (κ1) is 16.8. The Morgan fingerprint density at radius 3 is 2.95 bits per heavy atom. The molecule has 1 aliphatic carbocycles. The third-order valence-corrected chi connectivity index (χ3v) is 6.00. The monoisotopic (exact) mass is 326 g/mol. The SMILES string of the molecule is CCCc1nc(CSC(C)C(=O)NC2CCCCC2)cs1. The standard InChI is InChI=1S/C16H26N2OS2/c1-3-7-15-17-14(11-21-15)10-20-12(2)16(19)18-13-8-5-4-6-9-13/h11-13H,3-10H2,1-2H3,(H,18,19). The van der Waals surface area contributed by atoms with Crippen molar-refractivity contribution in [3.63, 3.8) is 0 Å². The summed E-state index contributed by atoms with van der Waals surface area (Å²) >= 11 is 3.43. The zero-order valence-electron chi connectivity index (χ0n) is 13.1. The molecule has 1 atom stereocenters. The summed E-state index contributed by atoms with van der Waals surface area (Å²) in [5.74, 6) is 1.02. The van der Waals surface area contributed by atoms with Crippen molar-refractivity contribution < 1.29 is 4.79 Å². The predicted octanol–water partition coefficient (Wildman–Crippen LogP) is 4.17. The predicted molar refractivity (Wildman–Crippen MR) is 91.9 cm³/mol. The Balaban J connectivity index is 1.72. The number of carbonyl (C=O) groups excluding carboxylic acids is 1. The molecule has 1 aromatic rings. The van der Waals surface area contributed by atoms with Gasteiger partial charge in [-0.25, -0.2) is 4.98 Å². The number of thioether (sulfide) groups is 1. The summed E-state index contributed by atoms with van der Waals surface area (Å²) in [6, 6.07) is 0.407. The van der Waals surface area contributed by atoms with Gasteiger partial charge in [0.1, 0.15) is 0 Å². The average Bonchev–Trinajstić information content (AvgIpc) is 2.94. The second-order valence-electron chi connectivity index (χ2n) is 5.78. The molecule has 0 saturated heterocycles. The number of aromatic nitrogens is 1. The Labute approximate surface area is 136 Å². The van der Waals surface area contributed by atoms with E-state index in [1.165, 1.54) is 24.3 Å². The van der Waals surface area contributed by atoms with Crippen LogP contribution < -0.4 is 5.32 Å². The summed E-state index contributed by atoms with van der Waals surface area (Å²) in [7, 11) is 0. The maximum absolute atomic E-state index is 12.2. The van der Waals surface area contributed by atoms with Gasteiger partial charge in [-0.3, -0.25) is 4.79 Å². The summed E-state index contributed by atoms with van der Waals surface area (Å²) < 4.78 is 0. The quantitative estimate of drug-likeness (QED) is 0.818. The van der Waals surface area contributed by atoms with Gasteiger partial charge in [-0.1, -0.05) is 26.2 Å². The summed E-state index contributed by atoms with van der Waals surface area (Å²) in [5, 5.41) is 6.55. The Morgan fingerprint density at radius 1 is 1.48 bits per heavy atom. The van der Waals surface area contributed by atoms with E-state index in [0.29, 0.717) is 6.04 Å². The molecule has 1 N–H and O–H groups in total. The second kappa shape index (κ2) is 8.79. The molecule has 1 fully saturated rings. The van der Waals surface area contributed by atoms with Crippen LogP contribution in [-0.4, -0.2) is 22.2 Å². The maximum atomic E-state index is 12.2. The smallest absolute Gasteiger partial charge is 0.233 e. The number of nitrogens with zero attached hydrogens (tertiary/aromatic N) is 1. The van der Waals surface area contributed by atoms with Crippen LogP contribution in [0.1, 0.15) is 63.1 Å². The highest BCUT2D eigenvalue weighted by atomic mass is 32.2. The van der Waals surface area contributed by atoms with E-state index < -0.39 is 0 Å². The Kier molecular flexibility index (Phi) is 7.04. The molecule has 0 aromatic carbocycles. The van der Waals surface area contributed by atoms with Gasteiger partial charge in [-0.15, -0.1) is 23.1 Å². The minimum Gasteiger partial charge on any atom is -0.352 e. The number of nitrogens with one attached hydrogen (secondary N) is 1. The van der Waals surface area contributed by atoms with Crippen molar-refractivity contribution in [2.75, 3.05) is 0 Å². The van der Waals surface area contributed by atoms with Crippen LogP contribution in [0.15, 0.2) is 5.38 Å². The van der Waals surface area contributed by atoms with Crippen LogP contribution in [0, 0.1) is 0 Å². The lowest BCUT2D eigenvalue weighted by Crippen LogP contribution is -2.40. The zero-order valence-corrected chi connectivity index (χ0v) is 14.7. The van der Waals surface area contributed by atoms with E-state index in [0.717, 1.165) is 37.1 Å². The van der Waals surface area contributed by atoms with Gasteiger partial charge in [0.15, 0.2) is 0 Å². The lowest BCUT2D eigenvalue weighted by molar-refractivity contribution is -0.121. The first-order valence-corrected chi connectivity index (χ1v) is 9.97. The maximum Gasteiger partial charge on any atom is 0.233 e. The molecule has 21 heavy (non-hydrogen) atoms. The highest BCUT2D eigenvalue weighted by Crippen LogP contribution is 2.22. The molecule has 3 nitrogen and oxygen atoms in total. The number of rotatable bonds is 7. The summed E-state index contributed by atoms with van der Waals surface area (Å²) in [6.45, 7) is 4.18. The molecule has 0 radical (unpaired) electrons. The first-order chi connectivity index (χ1) is 10.2. The number of hydrogen-bond donors (Lipinski definition) is 1. The van der Waals surface area contributed by atoms with Gasteiger partial charge in [-0.05, 0) is 32.6 Å². The fourth-order valence-electron chi connectivity index (χ4n) is 2.60. The van der Waals surface area contributed by atoms with Crippen LogP contribution in [0.2, 0.25) is 0 Å². The molecule has 1 saturated carbocycles. The van der Waals surface area contributed by atoms with Crippen LogP contribution in [0.3, 0.4) is 0 Å². The molecule has 2 rings (SSSR count). The fraction of sp³-hybridized carbons (Fsp3) is 0.750. The minimum atomic E-state index is 0.00301. The summed E-state index contributed by atoms with van der Waals surface area (Å²) in [6.07, 6.45) is 8.33. The van der Waals surface area contributed by atoms with Crippen LogP contribution in [-0.2, 0) is 17.0 Å². The Bertz CT molecular complexity index is 441. The largest absolute Gasteiger partial charge is 0.352 e. The van der Waals surface area contributed by atoms with Gasteiger partial charge in [0.2, 0.25) is 5.91 Å². The van der Waals surface area contributed by atoms with Gasteiger partial charge < -0.3 is 5.32 Å². The normalized spacial score (nSPS) is 17.6. The van der Waals surface area contributed by atoms with Crippen molar-refractivity contribution in [3.8, 4) is 0 Å². The first-order valence-electron chi connectivity index (χ1n) is 8.04. The number of carbonyl (C=O) groups is 1. The highest BCUT2D eigenvalue weighted by molar-refractivity contribution is 7.99. The molecule has 0 aliphatic heterocycles. The van der Waals surface area contributed by atoms with Crippen LogP contribution in [0.25, 0.3) is 0 Å². The molecule has 0 spiro atoms. The van der Waals surface area contributed by atoms with E-state index in [1.807, 2.05) is 6.92 Å². The van der Waals surface area contributed by atoms with Crippen molar-refractivity contribution in [2.45, 2.75) is 75.8 Å². The lowest BCUT2D eigenvalue weighted by Gasteiger charge is -2.24. The molecule has 1 unspecified atom stereocenters. The van der Waals surface area contributed by atoms with Crippen LogP contribution >= 0.6 is 23.1 Å². The molecule has 118 valence electrons. The third kappa shape index (κ3) is 5.62. The van der Waals surface area contributed by atoms with Gasteiger partial charge in [-0.2, -0.15) is 0 Å². The molecular formula is C16H26N2OS2. The van der Waals surface area contributed by atoms with E-state index in [9.17, 15) is 4.79 Å². The van der Waals surface area contributed by atoms with Crippen LogP contribution in [0.5, 0.6) is 0 Å².